The van der Waals surface area contributed by atoms with Gasteiger partial charge in [0.05, 0.1) is 22.9 Å². The third kappa shape index (κ3) is 5.01. The van der Waals surface area contributed by atoms with Gasteiger partial charge in [0.2, 0.25) is 0 Å². The molecule has 1 heterocycles. The number of thioether (sulfide) groups is 1. The van der Waals surface area contributed by atoms with Crippen molar-refractivity contribution in [3.05, 3.63) is 75.0 Å². The highest BCUT2D eigenvalue weighted by molar-refractivity contribution is 9.10. The summed E-state index contributed by atoms with van der Waals surface area (Å²) in [4.78, 5) is 24.5. The monoisotopic (exact) mass is 478 g/mol. The molecule has 0 aliphatic heterocycles. The van der Waals surface area contributed by atoms with Crippen LogP contribution in [0.15, 0.2) is 58.2 Å². The van der Waals surface area contributed by atoms with Gasteiger partial charge in [0.15, 0.2) is 16.8 Å². The molecule has 6 nitrogen and oxygen atoms in total. The number of rotatable bonds is 7. The summed E-state index contributed by atoms with van der Waals surface area (Å²) in [6.07, 6.45) is 0. The van der Waals surface area contributed by atoms with Gasteiger partial charge in [-0.25, -0.2) is 0 Å². The van der Waals surface area contributed by atoms with Crippen molar-refractivity contribution in [2.24, 2.45) is 7.05 Å². The van der Waals surface area contributed by atoms with Gasteiger partial charge in [-0.05, 0) is 24.3 Å². The minimum Gasteiger partial charge on any atom is -0.345 e. The normalized spacial score (nSPS) is 10.7. The van der Waals surface area contributed by atoms with E-state index in [9.17, 15) is 9.59 Å². The maximum Gasteiger partial charge on any atom is 0.253 e. The largest absolute Gasteiger partial charge is 0.345 e. The Kier molecular flexibility index (Phi) is 6.88. The predicted molar refractivity (Wildman–Crippen MR) is 113 cm³/mol. The lowest BCUT2D eigenvalue weighted by atomic mass is 10.2. The number of carbonyl (C=O) groups excluding carboxylic acids is 2. The summed E-state index contributed by atoms with van der Waals surface area (Å²) in [6.45, 7) is 0.203. The van der Waals surface area contributed by atoms with Crippen LogP contribution in [0.3, 0.4) is 0 Å². The number of Topliss-reactive ketones (excluding diaryl/α,β-unsaturated/α-hetero) is 1. The van der Waals surface area contributed by atoms with Crippen molar-refractivity contribution < 1.29 is 9.59 Å². The van der Waals surface area contributed by atoms with Crippen molar-refractivity contribution in [1.82, 2.24) is 20.1 Å². The van der Waals surface area contributed by atoms with Gasteiger partial charge in [-0.1, -0.05) is 63.6 Å². The molecule has 0 radical (unpaired) electrons. The maximum atomic E-state index is 12.3. The van der Waals surface area contributed by atoms with Gasteiger partial charge < -0.3 is 9.88 Å². The summed E-state index contributed by atoms with van der Waals surface area (Å²) in [7, 11) is 1.80. The highest BCUT2D eigenvalue weighted by atomic mass is 79.9. The molecule has 3 rings (SSSR count). The van der Waals surface area contributed by atoms with Crippen LogP contribution in [0.25, 0.3) is 0 Å². The molecule has 0 aliphatic carbocycles. The van der Waals surface area contributed by atoms with E-state index in [1.165, 1.54) is 11.8 Å². The lowest BCUT2D eigenvalue weighted by Gasteiger charge is -2.07. The first kappa shape index (κ1) is 20.6. The van der Waals surface area contributed by atoms with Crippen LogP contribution in [-0.2, 0) is 13.6 Å². The van der Waals surface area contributed by atoms with Gasteiger partial charge in [0.1, 0.15) is 0 Å². The van der Waals surface area contributed by atoms with Crippen molar-refractivity contribution in [1.29, 1.82) is 0 Å². The summed E-state index contributed by atoms with van der Waals surface area (Å²) >= 11 is 10.7. The molecule has 9 heteroatoms. The minimum absolute atomic E-state index is 0.00840. The van der Waals surface area contributed by atoms with E-state index in [0.717, 1.165) is 4.47 Å². The van der Waals surface area contributed by atoms with Crippen molar-refractivity contribution in [3.63, 3.8) is 0 Å². The van der Waals surface area contributed by atoms with E-state index in [0.29, 0.717) is 27.1 Å². The molecule has 0 aliphatic rings. The number of ketones is 1. The van der Waals surface area contributed by atoms with Crippen LogP contribution < -0.4 is 5.32 Å². The number of benzene rings is 2. The fraction of sp³-hybridized carbons (Fsp3) is 0.158. The second kappa shape index (κ2) is 9.36. The fourth-order valence-corrected chi connectivity index (χ4v) is 3.68. The molecule has 0 bridgehead atoms. The summed E-state index contributed by atoms with van der Waals surface area (Å²) < 4.78 is 2.68. The Hall–Kier alpha value is -2.16. The molecule has 0 unspecified atom stereocenters. The number of nitrogens with zero attached hydrogens (tertiary/aromatic N) is 3. The molecule has 0 atom stereocenters. The summed E-state index contributed by atoms with van der Waals surface area (Å²) in [5.74, 6) is 0.556. The van der Waals surface area contributed by atoms with Gasteiger partial charge in [-0.3, -0.25) is 9.59 Å². The molecule has 0 fully saturated rings. The smallest absolute Gasteiger partial charge is 0.253 e. The highest BCUT2D eigenvalue weighted by Gasteiger charge is 2.14. The quantitative estimate of drug-likeness (QED) is 0.407. The SMILES string of the molecule is Cn1c(CNC(=O)c2ccccc2Cl)nnc1SCC(=O)c1ccc(Br)cc1. The van der Waals surface area contributed by atoms with Gasteiger partial charge in [-0.2, -0.15) is 0 Å². The van der Waals surface area contributed by atoms with Crippen molar-refractivity contribution >= 4 is 51.0 Å². The average molecular weight is 480 g/mol. The lowest BCUT2D eigenvalue weighted by molar-refractivity contribution is 0.0949. The third-order valence-corrected chi connectivity index (χ3v) is 5.83. The van der Waals surface area contributed by atoms with E-state index >= 15 is 0 Å². The van der Waals surface area contributed by atoms with Crippen LogP contribution in [0.4, 0.5) is 0 Å². The second-order valence-electron chi connectivity index (χ2n) is 5.84. The van der Waals surface area contributed by atoms with Gasteiger partial charge in [0, 0.05) is 17.1 Å². The van der Waals surface area contributed by atoms with Gasteiger partial charge in [-0.15, -0.1) is 10.2 Å². The zero-order chi connectivity index (χ0) is 20.1. The molecule has 0 spiro atoms. The van der Waals surface area contributed by atoms with E-state index in [2.05, 4.69) is 31.4 Å². The first-order chi connectivity index (χ1) is 13.5. The number of halogens is 2. The molecular formula is C19H16BrClN4O2S. The molecule has 0 saturated heterocycles. The molecule has 2 aromatic carbocycles. The van der Waals surface area contributed by atoms with Crippen LogP contribution in [0.5, 0.6) is 0 Å². The standard InChI is InChI=1S/C19H16BrClN4O2S/c1-25-17(10-22-18(27)14-4-2-3-5-15(14)21)23-24-19(25)28-11-16(26)12-6-8-13(20)9-7-12/h2-9H,10-11H2,1H3,(H,22,27). The Labute approximate surface area is 179 Å². The van der Waals surface area contributed by atoms with Crippen molar-refractivity contribution in [2.45, 2.75) is 11.7 Å². The number of amides is 1. The number of hydrogen-bond donors (Lipinski definition) is 1. The lowest BCUT2D eigenvalue weighted by Crippen LogP contribution is -2.24. The van der Waals surface area contributed by atoms with Crippen LogP contribution in [0.1, 0.15) is 26.5 Å². The summed E-state index contributed by atoms with van der Waals surface area (Å²) in [6, 6.07) is 14.1. The molecule has 1 amide bonds. The van der Waals surface area contributed by atoms with Crippen LogP contribution in [-0.4, -0.2) is 32.2 Å². The van der Waals surface area contributed by atoms with E-state index in [1.807, 2.05) is 12.1 Å². The first-order valence-electron chi connectivity index (χ1n) is 8.28. The topological polar surface area (TPSA) is 76.9 Å². The van der Waals surface area contributed by atoms with E-state index in [4.69, 9.17) is 11.6 Å². The van der Waals surface area contributed by atoms with Crippen LogP contribution >= 0.6 is 39.3 Å². The minimum atomic E-state index is -0.284. The first-order valence-corrected chi connectivity index (χ1v) is 10.4. The third-order valence-electron chi connectivity index (χ3n) is 3.95. The predicted octanol–water partition coefficient (Wildman–Crippen LogP) is 4.14. The van der Waals surface area contributed by atoms with Crippen LogP contribution in [0, 0.1) is 0 Å². The number of nitrogens with one attached hydrogen (secondary N) is 1. The van der Waals surface area contributed by atoms with Crippen LogP contribution in [0.2, 0.25) is 5.02 Å². The van der Waals surface area contributed by atoms with E-state index in [1.54, 1.807) is 48.0 Å². The van der Waals surface area contributed by atoms with Gasteiger partial charge in [0.25, 0.3) is 5.91 Å². The van der Waals surface area contributed by atoms with Crippen molar-refractivity contribution in [3.8, 4) is 0 Å². The zero-order valence-electron chi connectivity index (χ0n) is 14.9. The van der Waals surface area contributed by atoms with E-state index < -0.39 is 0 Å². The summed E-state index contributed by atoms with van der Waals surface area (Å²) in [5.41, 5.74) is 1.05. The maximum absolute atomic E-state index is 12.3. The molecule has 144 valence electrons. The Bertz CT molecular complexity index is 1010. The Balaban J connectivity index is 1.58. The molecular weight excluding hydrogens is 464 g/mol. The number of aromatic nitrogens is 3. The highest BCUT2D eigenvalue weighted by Crippen LogP contribution is 2.19. The Morgan fingerprint density at radius 3 is 2.57 bits per heavy atom. The second-order valence-corrected chi connectivity index (χ2v) is 8.10. The number of carbonyl (C=O) groups is 2. The number of hydrogen-bond acceptors (Lipinski definition) is 5. The van der Waals surface area contributed by atoms with E-state index in [-0.39, 0.29) is 24.0 Å². The summed E-state index contributed by atoms with van der Waals surface area (Å²) in [5, 5.41) is 12.0. The fourth-order valence-electron chi connectivity index (χ4n) is 2.37. The zero-order valence-corrected chi connectivity index (χ0v) is 18.0. The average Bonchev–Trinajstić information content (AvgIpc) is 3.04. The Morgan fingerprint density at radius 1 is 1.14 bits per heavy atom. The van der Waals surface area contributed by atoms with Crippen molar-refractivity contribution in [2.75, 3.05) is 5.75 Å². The molecule has 1 N–H and O–H groups in total. The molecule has 3 aromatic rings. The molecule has 1 aromatic heterocycles. The molecule has 28 heavy (non-hydrogen) atoms. The Morgan fingerprint density at radius 2 is 1.86 bits per heavy atom. The van der Waals surface area contributed by atoms with Gasteiger partial charge >= 0.3 is 0 Å². The molecule has 0 saturated carbocycles.